The number of carbonyl (C=O) groups is 1. The normalized spacial score (nSPS) is 17.4. The molecule has 1 aromatic carbocycles. The fourth-order valence-corrected chi connectivity index (χ4v) is 3.85. The van der Waals surface area contributed by atoms with Crippen LogP contribution in [0.25, 0.3) is 10.6 Å². The number of aromatic nitrogens is 1. The van der Waals surface area contributed by atoms with Crippen LogP contribution in [0, 0.1) is 0 Å². The van der Waals surface area contributed by atoms with Gasteiger partial charge in [0.25, 0.3) is 5.91 Å². The zero-order valence-electron chi connectivity index (χ0n) is 13.1. The molecule has 122 valence electrons. The van der Waals surface area contributed by atoms with Crippen molar-refractivity contribution >= 4 is 28.8 Å². The molecule has 1 fully saturated rings. The van der Waals surface area contributed by atoms with E-state index in [2.05, 4.69) is 17.2 Å². The zero-order chi connectivity index (χ0) is 16.2. The lowest BCUT2D eigenvalue weighted by molar-refractivity contribution is 0.0687. The highest BCUT2D eigenvalue weighted by Gasteiger charge is 2.28. The van der Waals surface area contributed by atoms with Gasteiger partial charge >= 0.3 is 0 Å². The van der Waals surface area contributed by atoms with Gasteiger partial charge in [-0.25, -0.2) is 4.98 Å². The number of benzene rings is 1. The number of carbonyl (C=O) groups excluding carboxylic acids is 1. The summed E-state index contributed by atoms with van der Waals surface area (Å²) in [6.07, 6.45) is 1.96. The van der Waals surface area contributed by atoms with E-state index in [0.717, 1.165) is 43.0 Å². The van der Waals surface area contributed by atoms with E-state index in [9.17, 15) is 4.79 Å². The Morgan fingerprint density at radius 2 is 2.39 bits per heavy atom. The molecule has 1 aliphatic heterocycles. The second-order valence-corrected chi connectivity index (χ2v) is 6.99. The predicted molar refractivity (Wildman–Crippen MR) is 95.2 cm³/mol. The highest BCUT2D eigenvalue weighted by atomic mass is 35.5. The molecule has 1 aliphatic rings. The van der Waals surface area contributed by atoms with Crippen LogP contribution in [-0.2, 0) is 0 Å². The van der Waals surface area contributed by atoms with Crippen molar-refractivity contribution in [3.8, 4) is 10.6 Å². The van der Waals surface area contributed by atoms with Crippen LogP contribution in [0.1, 0.15) is 30.3 Å². The van der Waals surface area contributed by atoms with Gasteiger partial charge in [0.2, 0.25) is 0 Å². The fraction of sp³-hybridized carbons (Fsp3) is 0.412. The molecule has 1 saturated heterocycles. The minimum atomic E-state index is 0.0325. The number of amides is 1. The summed E-state index contributed by atoms with van der Waals surface area (Å²) in [4.78, 5) is 19.4. The van der Waals surface area contributed by atoms with E-state index in [4.69, 9.17) is 11.6 Å². The molecule has 0 saturated carbocycles. The van der Waals surface area contributed by atoms with E-state index in [1.165, 1.54) is 11.3 Å². The van der Waals surface area contributed by atoms with Crippen LogP contribution in [0.4, 0.5) is 0 Å². The lowest BCUT2D eigenvalue weighted by atomic mass is 10.2. The van der Waals surface area contributed by atoms with Crippen molar-refractivity contribution in [1.82, 2.24) is 15.2 Å². The maximum Gasteiger partial charge on any atom is 0.273 e. The molecular weight excluding hydrogens is 330 g/mol. The number of halogens is 1. The Bertz CT molecular complexity index is 682. The Hall–Kier alpha value is -1.43. The molecule has 0 spiro atoms. The lowest BCUT2D eigenvalue weighted by Crippen LogP contribution is -2.42. The van der Waals surface area contributed by atoms with Gasteiger partial charge in [0, 0.05) is 35.1 Å². The average Bonchev–Trinajstić information content (AvgIpc) is 3.23. The first kappa shape index (κ1) is 16.4. The number of hydrogen-bond donors (Lipinski definition) is 1. The van der Waals surface area contributed by atoms with Crippen LogP contribution in [0.2, 0.25) is 5.02 Å². The third kappa shape index (κ3) is 3.74. The molecule has 1 amide bonds. The third-order valence-corrected chi connectivity index (χ3v) is 5.12. The first-order chi connectivity index (χ1) is 11.2. The Balaban J connectivity index is 1.81. The molecule has 0 aliphatic carbocycles. The van der Waals surface area contributed by atoms with Gasteiger partial charge in [-0.05, 0) is 31.5 Å². The van der Waals surface area contributed by atoms with Crippen LogP contribution < -0.4 is 5.32 Å². The number of nitrogens with zero attached hydrogens (tertiary/aromatic N) is 2. The van der Waals surface area contributed by atoms with Gasteiger partial charge in [0.1, 0.15) is 10.7 Å². The molecule has 23 heavy (non-hydrogen) atoms. The predicted octanol–water partition coefficient (Wildman–Crippen LogP) is 3.68. The standard InChI is InChI=1S/C17H20ClN3OS/c1-2-8-21(14-6-7-19-10-14)17(22)15-11-23-16(20-15)12-4-3-5-13(18)9-12/h3-5,9,11,14,19H,2,6-8,10H2,1H3. The van der Waals surface area contributed by atoms with Gasteiger partial charge in [-0.3, -0.25) is 4.79 Å². The molecule has 0 bridgehead atoms. The molecule has 1 aromatic heterocycles. The van der Waals surface area contributed by atoms with E-state index in [1.807, 2.05) is 34.5 Å². The molecule has 1 unspecified atom stereocenters. The molecule has 0 radical (unpaired) electrons. The Morgan fingerprint density at radius 1 is 1.52 bits per heavy atom. The van der Waals surface area contributed by atoms with E-state index >= 15 is 0 Å². The minimum Gasteiger partial charge on any atom is -0.333 e. The van der Waals surface area contributed by atoms with Gasteiger partial charge in [-0.15, -0.1) is 11.3 Å². The first-order valence-electron chi connectivity index (χ1n) is 7.92. The van der Waals surface area contributed by atoms with Crippen LogP contribution in [-0.4, -0.2) is 41.5 Å². The summed E-state index contributed by atoms with van der Waals surface area (Å²) >= 11 is 7.52. The second-order valence-electron chi connectivity index (χ2n) is 5.69. The summed E-state index contributed by atoms with van der Waals surface area (Å²) in [5.41, 5.74) is 1.48. The van der Waals surface area contributed by atoms with Crippen LogP contribution >= 0.6 is 22.9 Å². The number of nitrogens with one attached hydrogen (secondary N) is 1. The molecule has 2 aromatic rings. The van der Waals surface area contributed by atoms with E-state index in [-0.39, 0.29) is 11.9 Å². The highest BCUT2D eigenvalue weighted by Crippen LogP contribution is 2.27. The minimum absolute atomic E-state index is 0.0325. The van der Waals surface area contributed by atoms with Crippen LogP contribution in [0.5, 0.6) is 0 Å². The molecule has 1 atom stereocenters. The fourth-order valence-electron chi connectivity index (χ4n) is 2.87. The molecule has 2 heterocycles. The summed E-state index contributed by atoms with van der Waals surface area (Å²) in [6.45, 7) is 4.72. The molecular formula is C17H20ClN3OS. The van der Waals surface area contributed by atoms with Gasteiger partial charge in [-0.2, -0.15) is 0 Å². The van der Waals surface area contributed by atoms with Crippen molar-refractivity contribution < 1.29 is 4.79 Å². The topological polar surface area (TPSA) is 45.2 Å². The van der Waals surface area contributed by atoms with Crippen LogP contribution in [0.3, 0.4) is 0 Å². The average molecular weight is 350 g/mol. The van der Waals surface area contributed by atoms with E-state index in [0.29, 0.717) is 10.7 Å². The van der Waals surface area contributed by atoms with Gasteiger partial charge in [0.15, 0.2) is 0 Å². The third-order valence-electron chi connectivity index (χ3n) is 4.00. The summed E-state index contributed by atoms with van der Waals surface area (Å²) < 4.78 is 0. The van der Waals surface area contributed by atoms with Crippen LogP contribution in [0.15, 0.2) is 29.6 Å². The van der Waals surface area contributed by atoms with Crippen molar-refractivity contribution in [2.24, 2.45) is 0 Å². The maximum absolute atomic E-state index is 12.8. The monoisotopic (exact) mass is 349 g/mol. The zero-order valence-corrected chi connectivity index (χ0v) is 14.7. The smallest absolute Gasteiger partial charge is 0.273 e. The Kier molecular flexibility index (Phi) is 5.30. The van der Waals surface area contributed by atoms with Crippen molar-refractivity contribution in [2.45, 2.75) is 25.8 Å². The quantitative estimate of drug-likeness (QED) is 0.895. The maximum atomic E-state index is 12.8. The van der Waals surface area contributed by atoms with Gasteiger partial charge < -0.3 is 10.2 Å². The number of thiazole rings is 1. The highest BCUT2D eigenvalue weighted by molar-refractivity contribution is 7.13. The number of rotatable bonds is 5. The van der Waals surface area contributed by atoms with Crippen molar-refractivity contribution in [3.05, 3.63) is 40.4 Å². The summed E-state index contributed by atoms with van der Waals surface area (Å²) in [6, 6.07) is 7.84. The molecule has 3 rings (SSSR count). The lowest BCUT2D eigenvalue weighted by Gasteiger charge is -2.27. The van der Waals surface area contributed by atoms with E-state index in [1.54, 1.807) is 0 Å². The molecule has 1 N–H and O–H groups in total. The van der Waals surface area contributed by atoms with Crippen molar-refractivity contribution in [2.75, 3.05) is 19.6 Å². The molecule has 4 nitrogen and oxygen atoms in total. The molecule has 6 heteroatoms. The summed E-state index contributed by atoms with van der Waals surface area (Å²) in [7, 11) is 0. The summed E-state index contributed by atoms with van der Waals surface area (Å²) in [5.74, 6) is 0.0325. The largest absolute Gasteiger partial charge is 0.333 e. The SMILES string of the molecule is CCCN(C(=O)c1csc(-c2cccc(Cl)c2)n1)C1CCNC1. The Morgan fingerprint density at radius 3 is 3.09 bits per heavy atom. The first-order valence-corrected chi connectivity index (χ1v) is 9.18. The van der Waals surface area contributed by atoms with E-state index < -0.39 is 0 Å². The van der Waals surface area contributed by atoms with Gasteiger partial charge in [-0.1, -0.05) is 30.7 Å². The van der Waals surface area contributed by atoms with Crippen molar-refractivity contribution in [1.29, 1.82) is 0 Å². The van der Waals surface area contributed by atoms with Crippen molar-refractivity contribution in [3.63, 3.8) is 0 Å². The Labute approximate surface area is 145 Å². The summed E-state index contributed by atoms with van der Waals surface area (Å²) in [5, 5.41) is 6.69. The number of hydrogen-bond acceptors (Lipinski definition) is 4. The van der Waals surface area contributed by atoms with Gasteiger partial charge in [0.05, 0.1) is 0 Å². The second kappa shape index (κ2) is 7.43.